The molecule has 4 nitrogen and oxygen atoms in total. The van der Waals surface area contributed by atoms with Crippen molar-refractivity contribution in [1.82, 2.24) is 9.88 Å². The van der Waals surface area contributed by atoms with Crippen LogP contribution in [-0.2, 0) is 11.3 Å². The number of nitrogens with zero attached hydrogens (tertiary/aromatic N) is 3. The lowest BCUT2D eigenvalue weighted by Crippen LogP contribution is -2.39. The molecule has 1 fully saturated rings. The highest BCUT2D eigenvalue weighted by atomic mass is 16.5. The van der Waals surface area contributed by atoms with Gasteiger partial charge in [0.2, 0.25) is 0 Å². The van der Waals surface area contributed by atoms with Crippen molar-refractivity contribution in [2.45, 2.75) is 31.6 Å². The summed E-state index contributed by atoms with van der Waals surface area (Å²) in [7, 11) is 0. The highest BCUT2D eigenvalue weighted by Gasteiger charge is 2.26. The van der Waals surface area contributed by atoms with Gasteiger partial charge in [-0.3, -0.25) is 9.88 Å². The first-order chi connectivity index (χ1) is 13.3. The monoisotopic (exact) mass is 357 g/mol. The summed E-state index contributed by atoms with van der Waals surface area (Å²) in [6.07, 6.45) is 2.11. The van der Waals surface area contributed by atoms with Crippen LogP contribution in [0.4, 0.5) is 0 Å². The predicted octanol–water partition coefficient (Wildman–Crippen LogP) is 4.48. The summed E-state index contributed by atoms with van der Waals surface area (Å²) < 4.78 is 6.11. The van der Waals surface area contributed by atoms with Crippen LogP contribution in [0.3, 0.4) is 0 Å². The van der Waals surface area contributed by atoms with E-state index in [0.717, 1.165) is 48.1 Å². The maximum Gasteiger partial charge on any atom is 0.123 e. The van der Waals surface area contributed by atoms with E-state index >= 15 is 0 Å². The van der Waals surface area contributed by atoms with Crippen molar-refractivity contribution < 1.29 is 4.74 Å². The molecule has 0 saturated carbocycles. The van der Waals surface area contributed by atoms with E-state index in [4.69, 9.17) is 4.74 Å². The molecule has 2 aromatic carbocycles. The largest absolute Gasteiger partial charge is 0.372 e. The zero-order valence-electron chi connectivity index (χ0n) is 15.3. The molecule has 1 atom stereocenters. The average molecular weight is 357 g/mol. The molecule has 27 heavy (non-hydrogen) atoms. The molecule has 2 heterocycles. The Kier molecular flexibility index (Phi) is 5.43. The Balaban J connectivity index is 1.32. The van der Waals surface area contributed by atoms with Crippen molar-refractivity contribution in [3.8, 4) is 6.07 Å². The fraction of sp³-hybridized carbons (Fsp3) is 0.304. The van der Waals surface area contributed by atoms with Gasteiger partial charge >= 0.3 is 0 Å². The van der Waals surface area contributed by atoms with Crippen LogP contribution in [0.15, 0.2) is 66.7 Å². The number of aromatic nitrogens is 1. The Hall–Kier alpha value is -2.74. The number of benzene rings is 2. The normalized spacial score (nSPS) is 16.9. The summed E-state index contributed by atoms with van der Waals surface area (Å²) in [5, 5.41) is 10.8. The van der Waals surface area contributed by atoms with Crippen LogP contribution >= 0.6 is 0 Å². The number of fused-ring (bicyclic) bond motifs is 1. The molecule has 1 aromatic heterocycles. The molecular weight excluding hydrogens is 334 g/mol. The minimum Gasteiger partial charge on any atom is -0.372 e. The third-order valence-electron chi connectivity index (χ3n) is 5.20. The van der Waals surface area contributed by atoms with Gasteiger partial charge in [-0.05, 0) is 30.5 Å². The molecule has 1 unspecified atom stereocenters. The molecule has 0 radical (unpaired) electrons. The minimum absolute atomic E-state index is 0.172. The minimum atomic E-state index is -0.172. The second-order valence-corrected chi connectivity index (χ2v) is 6.98. The van der Waals surface area contributed by atoms with Crippen molar-refractivity contribution in [3.05, 3.63) is 78.0 Å². The van der Waals surface area contributed by atoms with Crippen molar-refractivity contribution in [2.24, 2.45) is 0 Å². The molecule has 1 aliphatic rings. The lowest BCUT2D eigenvalue weighted by Gasteiger charge is -2.34. The fourth-order valence-corrected chi connectivity index (χ4v) is 3.69. The van der Waals surface area contributed by atoms with E-state index in [9.17, 15) is 5.26 Å². The Morgan fingerprint density at radius 1 is 1.00 bits per heavy atom. The number of ether oxygens (including phenoxy) is 1. The Labute approximate surface area is 160 Å². The number of hydrogen-bond acceptors (Lipinski definition) is 4. The van der Waals surface area contributed by atoms with Crippen LogP contribution in [0, 0.1) is 11.3 Å². The number of para-hydroxylation sites is 1. The van der Waals surface area contributed by atoms with Crippen LogP contribution < -0.4 is 0 Å². The number of pyridine rings is 1. The number of rotatable bonds is 5. The summed E-state index contributed by atoms with van der Waals surface area (Å²) >= 11 is 0. The second kappa shape index (κ2) is 8.30. The lowest BCUT2D eigenvalue weighted by molar-refractivity contribution is -0.00809. The van der Waals surface area contributed by atoms with Gasteiger partial charge in [0.05, 0.1) is 30.0 Å². The molecule has 0 aliphatic carbocycles. The fourth-order valence-electron chi connectivity index (χ4n) is 3.69. The highest BCUT2D eigenvalue weighted by molar-refractivity contribution is 5.78. The van der Waals surface area contributed by atoms with Gasteiger partial charge in [-0.2, -0.15) is 5.26 Å². The number of nitriles is 1. The number of hydrogen-bond donors (Lipinski definition) is 0. The van der Waals surface area contributed by atoms with Crippen molar-refractivity contribution in [2.75, 3.05) is 13.1 Å². The van der Waals surface area contributed by atoms with Crippen molar-refractivity contribution in [1.29, 1.82) is 5.26 Å². The van der Waals surface area contributed by atoms with Crippen molar-refractivity contribution >= 4 is 10.9 Å². The smallest absolute Gasteiger partial charge is 0.123 e. The van der Waals surface area contributed by atoms with E-state index in [1.807, 2.05) is 54.6 Å². The van der Waals surface area contributed by atoms with Gasteiger partial charge in [0, 0.05) is 18.5 Å². The first kappa shape index (κ1) is 17.7. The van der Waals surface area contributed by atoms with Gasteiger partial charge in [0.25, 0.3) is 0 Å². The molecule has 4 rings (SSSR count). The highest BCUT2D eigenvalue weighted by Crippen LogP contribution is 2.25. The van der Waals surface area contributed by atoms with E-state index in [1.165, 1.54) is 0 Å². The van der Waals surface area contributed by atoms with E-state index < -0.39 is 0 Å². The number of likely N-dealkylation sites (tertiary alicyclic amines) is 1. The zero-order chi connectivity index (χ0) is 18.5. The Bertz CT molecular complexity index is 927. The number of piperidine rings is 1. The van der Waals surface area contributed by atoms with Gasteiger partial charge in [-0.25, -0.2) is 0 Å². The van der Waals surface area contributed by atoms with E-state index in [0.29, 0.717) is 6.61 Å². The second-order valence-electron chi connectivity index (χ2n) is 6.98. The van der Waals surface area contributed by atoms with Crippen LogP contribution in [0.25, 0.3) is 10.9 Å². The standard InChI is InChI=1S/C23H23N3O/c24-16-23(19-7-2-1-3-8-19)26-14-12-21(13-15-26)27-17-20-11-10-18-6-4-5-9-22(18)25-20/h1-11,21,23H,12-15,17H2. The molecule has 136 valence electrons. The van der Waals surface area contributed by atoms with Gasteiger partial charge in [0.1, 0.15) is 6.04 Å². The summed E-state index contributed by atoms with van der Waals surface area (Å²) in [6, 6.07) is 24.6. The van der Waals surface area contributed by atoms with E-state index in [2.05, 4.69) is 28.1 Å². The molecule has 0 N–H and O–H groups in total. The topological polar surface area (TPSA) is 49.2 Å². The molecule has 0 amide bonds. The molecule has 3 aromatic rings. The van der Waals surface area contributed by atoms with Crippen LogP contribution in [0.1, 0.15) is 30.1 Å². The maximum absolute atomic E-state index is 9.61. The van der Waals surface area contributed by atoms with Gasteiger partial charge < -0.3 is 4.74 Å². The third kappa shape index (κ3) is 4.16. The molecule has 4 heteroatoms. The molecule has 1 aliphatic heterocycles. The van der Waals surface area contributed by atoms with Gasteiger partial charge in [0.15, 0.2) is 0 Å². The van der Waals surface area contributed by atoms with Gasteiger partial charge in [-0.15, -0.1) is 0 Å². The molecule has 1 saturated heterocycles. The van der Waals surface area contributed by atoms with Crippen molar-refractivity contribution in [3.63, 3.8) is 0 Å². The predicted molar refractivity (Wildman–Crippen MR) is 106 cm³/mol. The summed E-state index contributed by atoms with van der Waals surface area (Å²) in [6.45, 7) is 2.29. The summed E-state index contributed by atoms with van der Waals surface area (Å²) in [5.41, 5.74) is 3.04. The maximum atomic E-state index is 9.61. The third-order valence-corrected chi connectivity index (χ3v) is 5.20. The summed E-state index contributed by atoms with van der Waals surface area (Å²) in [4.78, 5) is 6.93. The Morgan fingerprint density at radius 2 is 1.74 bits per heavy atom. The van der Waals surface area contributed by atoms with Crippen LogP contribution in [0.2, 0.25) is 0 Å². The molecule has 0 bridgehead atoms. The first-order valence-corrected chi connectivity index (χ1v) is 9.48. The van der Waals surface area contributed by atoms with Crippen LogP contribution in [0.5, 0.6) is 0 Å². The molecular formula is C23H23N3O. The average Bonchev–Trinajstić information content (AvgIpc) is 2.74. The SMILES string of the molecule is N#CC(c1ccccc1)N1CCC(OCc2ccc3ccccc3n2)CC1. The zero-order valence-corrected chi connectivity index (χ0v) is 15.3. The van der Waals surface area contributed by atoms with E-state index in [-0.39, 0.29) is 12.1 Å². The van der Waals surface area contributed by atoms with Crippen LogP contribution in [-0.4, -0.2) is 29.1 Å². The Morgan fingerprint density at radius 3 is 2.52 bits per heavy atom. The van der Waals surface area contributed by atoms with E-state index in [1.54, 1.807) is 0 Å². The first-order valence-electron chi connectivity index (χ1n) is 9.48. The van der Waals surface area contributed by atoms with Gasteiger partial charge in [-0.1, -0.05) is 54.6 Å². The summed E-state index contributed by atoms with van der Waals surface area (Å²) in [5.74, 6) is 0. The lowest BCUT2D eigenvalue weighted by atomic mass is 10.0. The quantitative estimate of drug-likeness (QED) is 0.675. The molecule has 0 spiro atoms.